The van der Waals surface area contributed by atoms with Crippen molar-refractivity contribution in [1.29, 1.82) is 0 Å². The zero-order valence-corrected chi connectivity index (χ0v) is 13.9. The Morgan fingerprint density at radius 2 is 1.95 bits per heavy atom. The van der Waals surface area contributed by atoms with E-state index in [2.05, 4.69) is 15.9 Å². The molecule has 5 heteroatoms. The van der Waals surface area contributed by atoms with Gasteiger partial charge in [-0.05, 0) is 53.0 Å². The Balaban J connectivity index is 2.11. The van der Waals surface area contributed by atoms with Gasteiger partial charge in [0, 0.05) is 11.6 Å². The number of ether oxygens (including phenoxy) is 1. The van der Waals surface area contributed by atoms with Gasteiger partial charge in [-0.15, -0.1) is 0 Å². The fourth-order valence-electron chi connectivity index (χ4n) is 1.76. The molecule has 0 fully saturated rings. The number of benzene rings is 2. The number of halogens is 3. The number of hydrogen-bond acceptors (Lipinski definition) is 2. The van der Waals surface area contributed by atoms with Gasteiger partial charge in [0.2, 0.25) is 0 Å². The molecule has 0 N–H and O–H groups in total. The summed E-state index contributed by atoms with van der Waals surface area (Å²) in [7, 11) is 0. The van der Waals surface area contributed by atoms with Gasteiger partial charge in [0.15, 0.2) is 12.4 Å². The second kappa shape index (κ2) is 6.58. The molecule has 0 aliphatic carbocycles. The van der Waals surface area contributed by atoms with Crippen molar-refractivity contribution in [2.24, 2.45) is 0 Å². The highest BCUT2D eigenvalue weighted by Gasteiger charge is 2.12. The second-order valence-corrected chi connectivity index (χ2v) is 5.97. The molecule has 2 aromatic carbocycles. The average molecular weight is 372 g/mol. The van der Waals surface area contributed by atoms with Gasteiger partial charge in [0.05, 0.1) is 9.50 Å². The monoisotopic (exact) mass is 370 g/mol. The van der Waals surface area contributed by atoms with Gasteiger partial charge < -0.3 is 4.74 Å². The highest BCUT2D eigenvalue weighted by atomic mass is 79.9. The summed E-state index contributed by atoms with van der Waals surface area (Å²) in [5.41, 5.74) is 2.73. The van der Waals surface area contributed by atoms with Crippen molar-refractivity contribution in [2.45, 2.75) is 13.8 Å². The molecule has 0 aliphatic rings. The third-order valence-electron chi connectivity index (χ3n) is 3.16. The van der Waals surface area contributed by atoms with Crippen molar-refractivity contribution in [1.82, 2.24) is 0 Å². The van der Waals surface area contributed by atoms with Crippen LogP contribution in [0.1, 0.15) is 21.5 Å². The average Bonchev–Trinajstić information content (AvgIpc) is 2.44. The lowest BCUT2D eigenvalue weighted by atomic mass is 10.0. The van der Waals surface area contributed by atoms with Crippen molar-refractivity contribution >= 4 is 33.3 Å². The molecule has 21 heavy (non-hydrogen) atoms. The van der Waals surface area contributed by atoms with Gasteiger partial charge in [-0.25, -0.2) is 4.39 Å². The largest absolute Gasteiger partial charge is 0.484 e. The van der Waals surface area contributed by atoms with Crippen LogP contribution in [-0.2, 0) is 0 Å². The molecule has 0 saturated carbocycles. The van der Waals surface area contributed by atoms with E-state index in [0.29, 0.717) is 10.0 Å². The Morgan fingerprint density at radius 1 is 1.24 bits per heavy atom. The molecule has 0 heterocycles. The van der Waals surface area contributed by atoms with E-state index in [1.807, 2.05) is 26.0 Å². The van der Waals surface area contributed by atoms with Crippen LogP contribution < -0.4 is 4.74 Å². The van der Waals surface area contributed by atoms with E-state index in [1.54, 1.807) is 6.07 Å². The molecule has 0 aliphatic heterocycles. The van der Waals surface area contributed by atoms with Crippen LogP contribution in [0.2, 0.25) is 5.02 Å². The summed E-state index contributed by atoms with van der Waals surface area (Å²) < 4.78 is 19.3. The van der Waals surface area contributed by atoms with Gasteiger partial charge >= 0.3 is 0 Å². The highest BCUT2D eigenvalue weighted by molar-refractivity contribution is 9.10. The van der Waals surface area contributed by atoms with Gasteiger partial charge in [-0.1, -0.05) is 23.7 Å². The molecular weight excluding hydrogens is 359 g/mol. The molecule has 0 spiro atoms. The maximum atomic E-state index is 13.4. The molecule has 2 rings (SSSR count). The number of ketones is 1. The molecule has 0 atom stereocenters. The lowest BCUT2D eigenvalue weighted by Gasteiger charge is -2.09. The molecule has 2 aromatic rings. The Labute approximate surface area is 136 Å². The third-order valence-corrected chi connectivity index (χ3v) is 4.07. The minimum Gasteiger partial charge on any atom is -0.484 e. The van der Waals surface area contributed by atoms with E-state index in [-0.39, 0.29) is 23.2 Å². The highest BCUT2D eigenvalue weighted by Crippen LogP contribution is 2.30. The predicted octanol–water partition coefficient (Wildman–Crippen LogP) is 5.12. The molecule has 110 valence electrons. The van der Waals surface area contributed by atoms with E-state index in [4.69, 9.17) is 16.3 Å². The van der Waals surface area contributed by atoms with Gasteiger partial charge in [0.1, 0.15) is 11.6 Å². The maximum Gasteiger partial charge on any atom is 0.200 e. The molecule has 2 nitrogen and oxygen atoms in total. The van der Waals surface area contributed by atoms with Crippen LogP contribution in [0.15, 0.2) is 34.8 Å². The van der Waals surface area contributed by atoms with Gasteiger partial charge in [-0.2, -0.15) is 0 Å². The van der Waals surface area contributed by atoms with Gasteiger partial charge in [0.25, 0.3) is 0 Å². The SMILES string of the molecule is Cc1ccc(C(=O)COc2cc(F)c(Cl)cc2Br)cc1C. The summed E-state index contributed by atoms with van der Waals surface area (Å²) >= 11 is 8.87. The molecule has 0 saturated heterocycles. The van der Waals surface area contributed by atoms with E-state index in [0.717, 1.165) is 17.2 Å². The van der Waals surface area contributed by atoms with Crippen molar-refractivity contribution in [3.63, 3.8) is 0 Å². The quantitative estimate of drug-likeness (QED) is 0.551. The summed E-state index contributed by atoms with van der Waals surface area (Å²) in [5.74, 6) is -0.511. The maximum absolute atomic E-state index is 13.4. The Bertz CT molecular complexity index is 701. The summed E-state index contributed by atoms with van der Waals surface area (Å²) in [6.07, 6.45) is 0. The minimum absolute atomic E-state index is 0.00490. The molecule has 0 amide bonds. The summed E-state index contributed by atoms with van der Waals surface area (Å²) in [5, 5.41) is -0.00490. The fraction of sp³-hybridized carbons (Fsp3) is 0.188. The zero-order valence-electron chi connectivity index (χ0n) is 11.5. The Kier molecular flexibility index (Phi) is 5.01. The van der Waals surface area contributed by atoms with E-state index >= 15 is 0 Å². The number of hydrogen-bond donors (Lipinski definition) is 0. The van der Waals surface area contributed by atoms with E-state index in [9.17, 15) is 9.18 Å². The Morgan fingerprint density at radius 3 is 2.62 bits per heavy atom. The Hall–Kier alpha value is -1.39. The van der Waals surface area contributed by atoms with Gasteiger partial charge in [-0.3, -0.25) is 4.79 Å². The van der Waals surface area contributed by atoms with Crippen LogP contribution in [0.25, 0.3) is 0 Å². The number of aryl methyl sites for hydroxylation is 2. The molecular formula is C16H13BrClFO2. The molecule has 0 radical (unpaired) electrons. The van der Waals surface area contributed by atoms with Crippen LogP contribution in [0.4, 0.5) is 4.39 Å². The molecule has 0 unspecified atom stereocenters. The van der Waals surface area contributed by atoms with Crippen molar-refractivity contribution < 1.29 is 13.9 Å². The first-order valence-corrected chi connectivity index (χ1v) is 7.43. The van der Waals surface area contributed by atoms with E-state index in [1.165, 1.54) is 6.07 Å². The topological polar surface area (TPSA) is 26.3 Å². The van der Waals surface area contributed by atoms with Crippen LogP contribution >= 0.6 is 27.5 Å². The normalized spacial score (nSPS) is 10.5. The standard InChI is InChI=1S/C16H13BrClFO2/c1-9-3-4-11(5-10(9)2)15(20)8-21-16-7-14(19)13(18)6-12(16)17/h3-7H,8H2,1-2H3. The number of carbonyl (C=O) groups is 1. The first-order valence-electron chi connectivity index (χ1n) is 6.26. The van der Waals surface area contributed by atoms with Crippen LogP contribution in [0, 0.1) is 19.7 Å². The number of rotatable bonds is 4. The minimum atomic E-state index is -0.589. The first-order chi connectivity index (χ1) is 9.88. The molecule has 0 aromatic heterocycles. The van der Waals surface area contributed by atoms with Crippen LogP contribution in [0.3, 0.4) is 0 Å². The smallest absolute Gasteiger partial charge is 0.200 e. The lowest BCUT2D eigenvalue weighted by molar-refractivity contribution is 0.0920. The third kappa shape index (κ3) is 3.83. The lowest BCUT2D eigenvalue weighted by Crippen LogP contribution is -2.12. The second-order valence-electron chi connectivity index (χ2n) is 4.71. The summed E-state index contributed by atoms with van der Waals surface area (Å²) in [6, 6.07) is 8.01. The van der Waals surface area contributed by atoms with Crippen LogP contribution in [0.5, 0.6) is 5.75 Å². The predicted molar refractivity (Wildman–Crippen MR) is 84.9 cm³/mol. The first kappa shape index (κ1) is 16.0. The summed E-state index contributed by atoms with van der Waals surface area (Å²) in [4.78, 5) is 12.1. The van der Waals surface area contributed by atoms with E-state index < -0.39 is 5.82 Å². The van der Waals surface area contributed by atoms with Crippen molar-refractivity contribution in [3.8, 4) is 5.75 Å². The fourth-order valence-corrected chi connectivity index (χ4v) is 2.51. The van der Waals surface area contributed by atoms with Crippen molar-refractivity contribution in [3.05, 3.63) is 62.3 Å². The zero-order chi connectivity index (χ0) is 15.6. The van der Waals surface area contributed by atoms with Crippen LogP contribution in [-0.4, -0.2) is 12.4 Å². The number of Topliss-reactive ketones (excluding diaryl/α,β-unsaturated/α-hetero) is 1. The number of carbonyl (C=O) groups excluding carboxylic acids is 1. The summed E-state index contributed by atoms with van der Waals surface area (Å²) in [6.45, 7) is 3.76. The van der Waals surface area contributed by atoms with Crippen molar-refractivity contribution in [2.75, 3.05) is 6.61 Å². The molecule has 0 bridgehead atoms.